The smallest absolute Gasteiger partial charge is 0.262 e. The number of aromatic amines is 4. The number of alkyl halides is 4. The molecule has 0 radical (unpaired) electrons. The van der Waals surface area contributed by atoms with Crippen LogP contribution in [-0.4, -0.2) is 139 Å². The van der Waals surface area contributed by atoms with E-state index >= 15 is 0 Å². The lowest BCUT2D eigenvalue weighted by atomic mass is 9.71. The van der Waals surface area contributed by atoms with E-state index in [1.165, 1.54) is 0 Å². The molecule has 126 heavy (non-hydrogen) atoms. The molecule has 8 atom stereocenters. The Morgan fingerprint density at radius 2 is 0.548 bits per heavy atom. The van der Waals surface area contributed by atoms with E-state index in [1.807, 2.05) is 134 Å². The molecule has 0 aliphatic heterocycles. The Morgan fingerprint density at radius 3 is 0.786 bits per heavy atom. The lowest BCUT2D eigenvalue weighted by molar-refractivity contribution is 0.103. The van der Waals surface area contributed by atoms with Crippen LogP contribution in [0.4, 0.5) is 17.6 Å². The van der Waals surface area contributed by atoms with Crippen molar-refractivity contribution in [3.8, 4) is 0 Å². The third-order valence-corrected chi connectivity index (χ3v) is 29.4. The quantitative estimate of drug-likeness (QED) is 0.0826. The number of rotatable bonds is 12. The maximum absolute atomic E-state index is 14.3. The van der Waals surface area contributed by atoms with Crippen molar-refractivity contribution < 1.29 is 17.6 Å². The minimum Gasteiger partial charge on any atom is -0.310 e. The fourth-order valence-electron chi connectivity index (χ4n) is 20.7. The van der Waals surface area contributed by atoms with E-state index in [0.717, 1.165) is 96.7 Å². The Balaban J connectivity index is 0.000000103. The average Bonchev–Trinajstić information content (AvgIpc) is 1.58. The van der Waals surface area contributed by atoms with Gasteiger partial charge in [0.1, 0.15) is 90.1 Å². The molecular formula is C92H98Cl2F4N24O4. The van der Waals surface area contributed by atoms with Crippen LogP contribution >= 0.6 is 23.2 Å². The van der Waals surface area contributed by atoms with Gasteiger partial charge >= 0.3 is 0 Å². The minimum atomic E-state index is -1.12. The predicted molar refractivity (Wildman–Crippen MR) is 470 cm³/mol. The monoisotopic (exact) mass is 1750 g/mol. The summed E-state index contributed by atoms with van der Waals surface area (Å²) < 4.78 is 72.4. The minimum absolute atomic E-state index is 0.0684. The molecule has 16 aromatic heterocycles. The SMILES string of the molecule is CC1(F)CCC(n2ncc3c(=O)[nH]c([C@@H]4CC[C@@H]4c4cn5ccccc5n4)nc32)CC1.CC1(F)CCC(n2ncc3c(=O)[nH]c([C@@H]4CC[C@H]4c4cn5ccc(Cl)cc5n4)nc32)CC1.CC1(F)CCC(n2ncc3c(=O)[nH]c([C@H]4CC[C@@H]4c4cn5ccc(Cl)cc5n4)nc32)CC1.CC1(F)CCC(n2ncc3c(=O)[nH]c([C@H]4CC[C@H]4c4cn5ccccc5n4)nc32)CC1. The number of H-pyrrole nitrogens is 4. The van der Waals surface area contributed by atoms with Gasteiger partial charge in [-0.2, -0.15) is 20.4 Å². The summed E-state index contributed by atoms with van der Waals surface area (Å²) in [4.78, 5) is 102. The standard InChI is InChI=1S/2C23H24ClFN6O.2C23H25FN6O/c2*1-23(25)7-4-14(5-8-23)31-21-17(11-26-31)22(32)29-20(28-21)16-3-2-15(16)18-12-30-9-6-13(24)10-19(30)27-18;2*1-23(24)9-7-14(8-10-23)30-21-17(12-25-30)22(31)28-20(27-21)16-6-5-15(16)18-13-29-11-3-2-4-19(29)26-18/h2*6,9-12,14-16H,2-5,7-8H2,1H3,(H,28,29,32);2*2-4,11-16H,5-10H2,1H3,(H,27,28,31)/t2*14?,15-,16-,23?;2*14?,15-,16+,23?/m1010/s1. The molecule has 16 heterocycles. The third-order valence-electron chi connectivity index (χ3n) is 29.0. The summed E-state index contributed by atoms with van der Waals surface area (Å²) in [5.74, 6) is 4.07. The van der Waals surface area contributed by atoms with Crippen molar-refractivity contribution in [1.82, 2.24) is 117 Å². The lowest BCUT2D eigenvalue weighted by Gasteiger charge is -2.34. The van der Waals surface area contributed by atoms with Gasteiger partial charge in [0.15, 0.2) is 22.6 Å². The summed E-state index contributed by atoms with van der Waals surface area (Å²) >= 11 is 12.2. The summed E-state index contributed by atoms with van der Waals surface area (Å²) in [5.41, 5.74) is 4.84. The summed E-state index contributed by atoms with van der Waals surface area (Å²) in [6, 6.07) is 19.6. The Bertz CT molecular complexity index is 6600. The van der Waals surface area contributed by atoms with Crippen LogP contribution in [0.1, 0.15) is 299 Å². The fraction of sp³-hybridized carbons (Fsp3) is 0.478. The van der Waals surface area contributed by atoms with Crippen molar-refractivity contribution in [2.45, 2.75) is 276 Å². The highest BCUT2D eigenvalue weighted by Crippen LogP contribution is 2.53. The van der Waals surface area contributed by atoms with Crippen LogP contribution in [0, 0.1) is 0 Å². The van der Waals surface area contributed by atoms with E-state index in [1.54, 1.807) is 52.5 Å². The van der Waals surface area contributed by atoms with Gasteiger partial charge in [-0.15, -0.1) is 0 Å². The van der Waals surface area contributed by atoms with E-state index in [2.05, 4.69) is 52.7 Å². The summed E-state index contributed by atoms with van der Waals surface area (Å²) in [6.07, 6.45) is 39.8. The van der Waals surface area contributed by atoms with Crippen molar-refractivity contribution in [3.63, 3.8) is 0 Å². The molecule has 0 saturated heterocycles. The van der Waals surface area contributed by atoms with E-state index in [-0.39, 0.29) is 93.7 Å². The first-order chi connectivity index (χ1) is 60.7. The molecule has 0 aromatic carbocycles. The Morgan fingerprint density at radius 1 is 0.310 bits per heavy atom. The van der Waals surface area contributed by atoms with E-state index in [0.29, 0.717) is 180 Å². The van der Waals surface area contributed by atoms with Crippen molar-refractivity contribution >= 4 is 89.9 Å². The molecule has 0 bridgehead atoms. The van der Waals surface area contributed by atoms with Crippen molar-refractivity contribution in [2.24, 2.45) is 0 Å². The first-order valence-corrected chi connectivity index (χ1v) is 45.3. The summed E-state index contributed by atoms with van der Waals surface area (Å²) in [5, 5.41) is 21.2. The second kappa shape index (κ2) is 31.8. The molecular weight excluding hydrogens is 1650 g/mol. The average molecular weight is 1750 g/mol. The van der Waals surface area contributed by atoms with Crippen LogP contribution < -0.4 is 22.2 Å². The first-order valence-electron chi connectivity index (χ1n) is 44.5. The highest BCUT2D eigenvalue weighted by molar-refractivity contribution is 6.31. The van der Waals surface area contributed by atoms with Gasteiger partial charge in [-0.05, 0) is 230 Å². The number of nitrogens with zero attached hydrogens (tertiary/aromatic N) is 20. The predicted octanol–water partition coefficient (Wildman–Crippen LogP) is 18.4. The van der Waals surface area contributed by atoms with Gasteiger partial charge in [0.2, 0.25) is 0 Å². The van der Waals surface area contributed by atoms with Gasteiger partial charge in [0, 0.05) is 107 Å². The third kappa shape index (κ3) is 15.5. The molecule has 8 fully saturated rings. The van der Waals surface area contributed by atoms with Gasteiger partial charge in [-0.3, -0.25) is 19.2 Å². The Kier molecular flexibility index (Phi) is 20.6. The maximum Gasteiger partial charge on any atom is 0.262 e. The molecule has 4 N–H and O–H groups in total. The number of nitrogens with one attached hydrogen (secondary N) is 4. The zero-order valence-corrected chi connectivity index (χ0v) is 72.0. The highest BCUT2D eigenvalue weighted by Gasteiger charge is 2.44. The fourth-order valence-corrected chi connectivity index (χ4v) is 21.0. The molecule has 0 amide bonds. The first kappa shape index (κ1) is 81.5. The van der Waals surface area contributed by atoms with Gasteiger partial charge in [-0.25, -0.2) is 76.2 Å². The van der Waals surface area contributed by atoms with Gasteiger partial charge in [0.05, 0.1) is 71.7 Å². The van der Waals surface area contributed by atoms with Crippen molar-refractivity contribution in [2.75, 3.05) is 0 Å². The molecule has 16 aromatic rings. The van der Waals surface area contributed by atoms with Crippen LogP contribution in [0.2, 0.25) is 10.0 Å². The molecule has 28 nitrogen and oxygen atoms in total. The van der Waals surface area contributed by atoms with Crippen LogP contribution in [0.3, 0.4) is 0 Å². The van der Waals surface area contributed by atoms with Crippen LogP contribution in [0.25, 0.3) is 66.7 Å². The molecule has 8 aliphatic carbocycles. The second-order valence-electron chi connectivity index (χ2n) is 37.7. The van der Waals surface area contributed by atoms with Crippen LogP contribution in [-0.2, 0) is 0 Å². The number of imidazole rings is 4. The maximum atomic E-state index is 14.3. The highest BCUT2D eigenvalue weighted by atomic mass is 35.5. The van der Waals surface area contributed by atoms with Gasteiger partial charge in [0.25, 0.3) is 22.2 Å². The van der Waals surface area contributed by atoms with Crippen molar-refractivity contribution in [1.29, 1.82) is 0 Å². The van der Waals surface area contributed by atoms with Gasteiger partial charge in [-0.1, -0.05) is 35.3 Å². The van der Waals surface area contributed by atoms with Gasteiger partial charge < -0.3 is 37.5 Å². The molecule has 652 valence electrons. The summed E-state index contributed by atoms with van der Waals surface area (Å²) in [7, 11) is 0. The second-order valence-corrected chi connectivity index (χ2v) is 38.5. The molecule has 8 saturated carbocycles. The van der Waals surface area contributed by atoms with Crippen LogP contribution in [0.15, 0.2) is 154 Å². The molecule has 0 spiro atoms. The number of aromatic nitrogens is 24. The molecule has 0 unspecified atom stereocenters. The number of fused-ring (bicyclic) bond motifs is 8. The Labute approximate surface area is 728 Å². The van der Waals surface area contributed by atoms with E-state index in [9.17, 15) is 36.7 Å². The molecule has 8 aliphatic rings. The number of halogens is 6. The van der Waals surface area contributed by atoms with Crippen molar-refractivity contribution in [3.05, 3.63) is 233 Å². The topological polar surface area (TPSA) is 323 Å². The normalized spacial score (nSPS) is 28.5. The zero-order valence-electron chi connectivity index (χ0n) is 70.4. The molecule has 24 rings (SSSR count). The Hall–Kier alpha value is -11.5. The largest absolute Gasteiger partial charge is 0.310 e. The number of hydrogen-bond donors (Lipinski definition) is 4. The summed E-state index contributed by atoms with van der Waals surface area (Å²) in [6.45, 7) is 6.66. The molecule has 34 heteroatoms. The lowest BCUT2D eigenvalue weighted by Crippen LogP contribution is -2.29. The van der Waals surface area contributed by atoms with E-state index < -0.39 is 22.7 Å². The van der Waals surface area contributed by atoms with Crippen LogP contribution in [0.5, 0.6) is 0 Å². The number of pyridine rings is 4. The van der Waals surface area contributed by atoms with E-state index in [4.69, 9.17) is 63.1 Å². The zero-order chi connectivity index (χ0) is 86.4. The number of hydrogen-bond acceptors (Lipinski definition) is 16.